The van der Waals surface area contributed by atoms with Crippen LogP contribution in [-0.4, -0.2) is 17.1 Å². The molecule has 0 bridgehead atoms. The number of hydrogen-bond acceptors (Lipinski definition) is 3. The first-order chi connectivity index (χ1) is 7.56. The summed E-state index contributed by atoms with van der Waals surface area (Å²) in [4.78, 5) is 15.5. The van der Waals surface area contributed by atoms with Crippen molar-refractivity contribution in [3.05, 3.63) is 28.0 Å². The molecule has 1 aromatic rings. The third-order valence-electron chi connectivity index (χ3n) is 2.18. The van der Waals surface area contributed by atoms with Gasteiger partial charge in [0.05, 0.1) is 5.56 Å². The number of nitrogens with zero attached hydrogens (tertiary/aromatic N) is 1. The van der Waals surface area contributed by atoms with Gasteiger partial charge in [0.1, 0.15) is 16.4 Å². The maximum atomic E-state index is 11.7. The summed E-state index contributed by atoms with van der Waals surface area (Å²) in [5.41, 5.74) is 0.330. The van der Waals surface area contributed by atoms with Crippen molar-refractivity contribution in [1.82, 2.24) is 4.98 Å². The topological polar surface area (TPSA) is 39.2 Å². The molecule has 5 heteroatoms. The second-order valence-electron chi connectivity index (χ2n) is 3.35. The number of carbonyl (C=O) groups excluding carboxylic acids is 1. The molecule has 3 nitrogen and oxygen atoms in total. The summed E-state index contributed by atoms with van der Waals surface area (Å²) in [6.45, 7) is 3.93. The summed E-state index contributed by atoms with van der Waals surface area (Å²) in [6.07, 6.45) is 1.50. The molecule has 88 valence electrons. The van der Waals surface area contributed by atoms with Gasteiger partial charge in [-0.1, -0.05) is 37.0 Å². The van der Waals surface area contributed by atoms with Gasteiger partial charge in [0.2, 0.25) is 0 Å². The molecule has 0 unspecified atom stereocenters. The Kier molecular flexibility index (Phi) is 5.03. The third-order valence-corrected chi connectivity index (χ3v) is 2.57. The van der Waals surface area contributed by atoms with E-state index in [4.69, 9.17) is 27.9 Å². The molecule has 1 aromatic heterocycles. The molecule has 0 N–H and O–H groups in total. The number of halogens is 2. The first-order valence-corrected chi connectivity index (χ1v) is 5.86. The van der Waals surface area contributed by atoms with Crippen molar-refractivity contribution in [1.29, 1.82) is 0 Å². The maximum Gasteiger partial charge on any atom is 0.338 e. The molecule has 0 aromatic carbocycles. The minimum absolute atomic E-state index is 0.0711. The van der Waals surface area contributed by atoms with E-state index in [1.165, 1.54) is 12.1 Å². The van der Waals surface area contributed by atoms with Crippen LogP contribution in [0.2, 0.25) is 10.3 Å². The first-order valence-electron chi connectivity index (χ1n) is 5.10. The van der Waals surface area contributed by atoms with E-state index in [0.717, 1.165) is 12.8 Å². The highest BCUT2D eigenvalue weighted by atomic mass is 35.5. The Hall–Kier alpha value is -0.800. The molecule has 0 atom stereocenters. The number of rotatable bonds is 4. The number of aromatic nitrogens is 1. The molecule has 0 spiro atoms. The Morgan fingerprint density at radius 3 is 2.25 bits per heavy atom. The fourth-order valence-electron chi connectivity index (χ4n) is 1.26. The Balaban J connectivity index is 2.80. The lowest BCUT2D eigenvalue weighted by molar-refractivity contribution is 0.0284. The molecule has 1 rings (SSSR count). The van der Waals surface area contributed by atoms with Gasteiger partial charge < -0.3 is 4.74 Å². The fraction of sp³-hybridized carbons (Fsp3) is 0.455. The van der Waals surface area contributed by atoms with Gasteiger partial charge in [-0.3, -0.25) is 0 Å². The quantitative estimate of drug-likeness (QED) is 0.613. The summed E-state index contributed by atoms with van der Waals surface area (Å²) in [5.74, 6) is -0.417. The number of esters is 1. The predicted molar refractivity (Wildman–Crippen MR) is 64.0 cm³/mol. The molecule has 16 heavy (non-hydrogen) atoms. The van der Waals surface area contributed by atoms with Gasteiger partial charge in [0.25, 0.3) is 0 Å². The summed E-state index contributed by atoms with van der Waals surface area (Å²) in [6, 6.07) is 2.89. The molecule has 0 saturated heterocycles. The summed E-state index contributed by atoms with van der Waals surface area (Å²) in [5, 5.41) is 0.369. The molecule has 0 aliphatic heterocycles. The zero-order chi connectivity index (χ0) is 12.1. The smallest absolute Gasteiger partial charge is 0.338 e. The Bertz CT molecular complexity index is 358. The van der Waals surface area contributed by atoms with Crippen LogP contribution in [0.5, 0.6) is 0 Å². The van der Waals surface area contributed by atoms with E-state index in [1.807, 2.05) is 13.8 Å². The molecule has 0 amide bonds. The highest BCUT2D eigenvalue weighted by Gasteiger charge is 2.14. The minimum atomic E-state index is -0.417. The number of pyridine rings is 1. The van der Waals surface area contributed by atoms with Crippen molar-refractivity contribution in [2.45, 2.75) is 32.8 Å². The number of ether oxygens (including phenoxy) is 1. The molecule has 1 heterocycles. The van der Waals surface area contributed by atoms with Crippen molar-refractivity contribution >= 4 is 29.2 Å². The molecular formula is C11H13Cl2NO2. The van der Waals surface area contributed by atoms with Crippen LogP contribution >= 0.6 is 23.2 Å². The predicted octanol–water partition coefficient (Wildman–Crippen LogP) is 3.73. The van der Waals surface area contributed by atoms with E-state index >= 15 is 0 Å². The van der Waals surface area contributed by atoms with E-state index in [-0.39, 0.29) is 16.4 Å². The average molecular weight is 262 g/mol. The lowest BCUT2D eigenvalue weighted by atomic mass is 10.2. The van der Waals surface area contributed by atoms with Crippen molar-refractivity contribution in [3.63, 3.8) is 0 Å². The minimum Gasteiger partial charge on any atom is -0.459 e. The van der Waals surface area contributed by atoms with Gasteiger partial charge in [0, 0.05) is 0 Å². The van der Waals surface area contributed by atoms with Gasteiger partial charge in [-0.05, 0) is 25.0 Å². The van der Waals surface area contributed by atoms with E-state index in [9.17, 15) is 4.79 Å². The third kappa shape index (κ3) is 3.65. The van der Waals surface area contributed by atoms with E-state index in [1.54, 1.807) is 0 Å². The Morgan fingerprint density at radius 1 is 1.31 bits per heavy atom. The van der Waals surface area contributed by atoms with Gasteiger partial charge in [-0.25, -0.2) is 9.78 Å². The van der Waals surface area contributed by atoms with Gasteiger partial charge >= 0.3 is 5.97 Å². The fourth-order valence-corrected chi connectivity index (χ4v) is 1.72. The van der Waals surface area contributed by atoms with Crippen LogP contribution in [-0.2, 0) is 4.74 Å². The lowest BCUT2D eigenvalue weighted by Gasteiger charge is -2.13. The standard InChI is InChI=1S/C11H13Cl2NO2/c1-3-8(4-2)16-11(15)7-5-9(12)14-10(13)6-7/h5-6,8H,3-4H2,1-2H3. The molecule has 0 aliphatic rings. The zero-order valence-corrected chi connectivity index (χ0v) is 10.7. The van der Waals surface area contributed by atoms with Crippen LogP contribution in [0.3, 0.4) is 0 Å². The normalized spacial score (nSPS) is 10.6. The SMILES string of the molecule is CCC(CC)OC(=O)c1cc(Cl)nc(Cl)c1. The van der Waals surface area contributed by atoms with E-state index in [2.05, 4.69) is 4.98 Å². The van der Waals surface area contributed by atoms with E-state index < -0.39 is 5.97 Å². The van der Waals surface area contributed by atoms with Gasteiger partial charge in [0.15, 0.2) is 0 Å². The second-order valence-corrected chi connectivity index (χ2v) is 4.12. The summed E-state index contributed by atoms with van der Waals surface area (Å²) < 4.78 is 5.26. The van der Waals surface area contributed by atoms with Crippen molar-refractivity contribution in [2.24, 2.45) is 0 Å². The van der Waals surface area contributed by atoms with Crippen LogP contribution in [0, 0.1) is 0 Å². The number of carbonyl (C=O) groups is 1. The van der Waals surface area contributed by atoms with Crippen molar-refractivity contribution < 1.29 is 9.53 Å². The van der Waals surface area contributed by atoms with Crippen LogP contribution < -0.4 is 0 Å². The van der Waals surface area contributed by atoms with Gasteiger partial charge in [-0.2, -0.15) is 0 Å². The molecule has 0 fully saturated rings. The number of hydrogen-bond donors (Lipinski definition) is 0. The first kappa shape index (κ1) is 13.3. The Labute approximate surface area is 105 Å². The van der Waals surface area contributed by atoms with Crippen LogP contribution in [0.4, 0.5) is 0 Å². The van der Waals surface area contributed by atoms with Crippen LogP contribution in [0.25, 0.3) is 0 Å². The van der Waals surface area contributed by atoms with E-state index in [0.29, 0.717) is 5.56 Å². The second kappa shape index (κ2) is 6.06. The zero-order valence-electron chi connectivity index (χ0n) is 9.17. The largest absolute Gasteiger partial charge is 0.459 e. The molecule has 0 radical (unpaired) electrons. The van der Waals surface area contributed by atoms with Crippen LogP contribution in [0.15, 0.2) is 12.1 Å². The highest BCUT2D eigenvalue weighted by Crippen LogP contribution is 2.16. The average Bonchev–Trinajstić information content (AvgIpc) is 2.24. The van der Waals surface area contributed by atoms with Crippen molar-refractivity contribution in [2.75, 3.05) is 0 Å². The lowest BCUT2D eigenvalue weighted by Crippen LogP contribution is -2.16. The molecular weight excluding hydrogens is 249 g/mol. The maximum absolute atomic E-state index is 11.7. The summed E-state index contributed by atoms with van der Waals surface area (Å²) in [7, 11) is 0. The highest BCUT2D eigenvalue weighted by molar-refractivity contribution is 6.32. The summed E-state index contributed by atoms with van der Waals surface area (Å²) >= 11 is 11.4. The molecule has 0 saturated carbocycles. The van der Waals surface area contributed by atoms with Crippen LogP contribution in [0.1, 0.15) is 37.0 Å². The van der Waals surface area contributed by atoms with Crippen molar-refractivity contribution in [3.8, 4) is 0 Å². The molecule has 0 aliphatic carbocycles. The monoisotopic (exact) mass is 261 g/mol. The Morgan fingerprint density at radius 2 is 1.81 bits per heavy atom. The van der Waals surface area contributed by atoms with Gasteiger partial charge in [-0.15, -0.1) is 0 Å².